The maximum atomic E-state index is 12.8. The summed E-state index contributed by atoms with van der Waals surface area (Å²) >= 11 is 0. The van der Waals surface area contributed by atoms with Crippen LogP contribution in [0.1, 0.15) is 51.4 Å². The molecule has 0 radical (unpaired) electrons. The zero-order chi connectivity index (χ0) is 14.5. The van der Waals surface area contributed by atoms with Gasteiger partial charge in [0.1, 0.15) is 0 Å². The summed E-state index contributed by atoms with van der Waals surface area (Å²) < 4.78 is 0. The predicted molar refractivity (Wildman–Crippen MR) is 80.7 cm³/mol. The third-order valence-corrected chi connectivity index (χ3v) is 6.83. The van der Waals surface area contributed by atoms with Crippen molar-refractivity contribution < 1.29 is 9.90 Å². The third kappa shape index (κ3) is 2.31. The van der Waals surface area contributed by atoms with Gasteiger partial charge in [-0.1, -0.05) is 12.8 Å². The first-order chi connectivity index (χ1) is 10.1. The minimum Gasteiger partial charge on any atom is -0.389 e. The molecule has 4 heteroatoms. The summed E-state index contributed by atoms with van der Waals surface area (Å²) in [4.78, 5) is 14.9. The van der Waals surface area contributed by atoms with E-state index in [1.165, 1.54) is 19.3 Å². The van der Waals surface area contributed by atoms with Crippen LogP contribution < -0.4 is 5.32 Å². The van der Waals surface area contributed by atoms with Gasteiger partial charge in [0.15, 0.2) is 0 Å². The summed E-state index contributed by atoms with van der Waals surface area (Å²) in [5.41, 5.74) is -0.131. The van der Waals surface area contributed by atoms with Gasteiger partial charge in [-0.3, -0.25) is 4.79 Å². The highest BCUT2D eigenvalue weighted by Crippen LogP contribution is 2.59. The molecule has 3 atom stereocenters. The van der Waals surface area contributed by atoms with Crippen molar-refractivity contribution in [1.82, 2.24) is 10.2 Å². The molecular formula is C17H28N2O2. The average molecular weight is 292 g/mol. The van der Waals surface area contributed by atoms with E-state index in [2.05, 4.69) is 10.2 Å². The largest absolute Gasteiger partial charge is 0.389 e. The number of nitrogens with zero attached hydrogens (tertiary/aromatic N) is 1. The van der Waals surface area contributed by atoms with Gasteiger partial charge < -0.3 is 15.3 Å². The molecule has 4 aliphatic rings. The van der Waals surface area contributed by atoms with Gasteiger partial charge in [-0.15, -0.1) is 0 Å². The number of carbonyl (C=O) groups is 1. The molecule has 4 fully saturated rings. The lowest BCUT2D eigenvalue weighted by molar-refractivity contribution is -0.145. The predicted octanol–water partition coefficient (Wildman–Crippen LogP) is 1.53. The molecule has 2 heterocycles. The Morgan fingerprint density at radius 2 is 1.95 bits per heavy atom. The molecule has 0 aromatic rings. The molecule has 3 unspecified atom stereocenters. The first-order valence-corrected chi connectivity index (χ1v) is 8.85. The Balaban J connectivity index is 1.40. The van der Waals surface area contributed by atoms with Gasteiger partial charge in [-0.25, -0.2) is 0 Å². The zero-order valence-corrected chi connectivity index (χ0v) is 12.9. The summed E-state index contributed by atoms with van der Waals surface area (Å²) in [6.45, 7) is 3.73. The van der Waals surface area contributed by atoms with E-state index in [0.29, 0.717) is 17.2 Å². The minimum absolute atomic E-state index is 0.286. The van der Waals surface area contributed by atoms with Gasteiger partial charge in [0, 0.05) is 24.9 Å². The van der Waals surface area contributed by atoms with Crippen LogP contribution in [-0.2, 0) is 4.79 Å². The quantitative estimate of drug-likeness (QED) is 0.770. The number of amides is 1. The third-order valence-electron chi connectivity index (χ3n) is 6.83. The lowest BCUT2D eigenvalue weighted by Gasteiger charge is -2.47. The molecule has 118 valence electrons. The second kappa shape index (κ2) is 4.95. The molecule has 2 aliphatic heterocycles. The number of nitrogens with one attached hydrogen (secondary N) is 1. The number of aliphatic hydroxyl groups is 1. The summed E-state index contributed by atoms with van der Waals surface area (Å²) in [7, 11) is 0. The molecule has 2 N–H and O–H groups in total. The first-order valence-electron chi connectivity index (χ1n) is 8.85. The molecule has 0 aromatic carbocycles. The van der Waals surface area contributed by atoms with E-state index in [9.17, 15) is 9.90 Å². The number of piperidine rings is 2. The van der Waals surface area contributed by atoms with Crippen LogP contribution in [0.3, 0.4) is 0 Å². The van der Waals surface area contributed by atoms with Crippen LogP contribution >= 0.6 is 0 Å². The van der Waals surface area contributed by atoms with Crippen LogP contribution in [0.25, 0.3) is 0 Å². The van der Waals surface area contributed by atoms with E-state index in [1.807, 2.05) is 0 Å². The molecule has 2 saturated carbocycles. The van der Waals surface area contributed by atoms with E-state index < -0.39 is 5.60 Å². The second-order valence-electron chi connectivity index (χ2n) is 7.95. The van der Waals surface area contributed by atoms with Crippen molar-refractivity contribution in [2.45, 2.75) is 57.0 Å². The molecule has 2 aliphatic carbocycles. The van der Waals surface area contributed by atoms with Crippen LogP contribution in [0, 0.1) is 17.3 Å². The Hall–Kier alpha value is -0.610. The summed E-state index contributed by atoms with van der Waals surface area (Å²) in [6, 6.07) is 0. The highest BCUT2D eigenvalue weighted by molar-refractivity contribution is 5.83. The smallest absolute Gasteiger partial charge is 0.226 e. The van der Waals surface area contributed by atoms with Gasteiger partial charge in [0.2, 0.25) is 5.91 Å². The highest BCUT2D eigenvalue weighted by Gasteiger charge is 2.59. The molecule has 1 spiro atoms. The van der Waals surface area contributed by atoms with E-state index in [4.69, 9.17) is 0 Å². The Morgan fingerprint density at radius 3 is 2.76 bits per heavy atom. The van der Waals surface area contributed by atoms with Crippen LogP contribution in [-0.4, -0.2) is 47.7 Å². The monoisotopic (exact) mass is 292 g/mol. The van der Waals surface area contributed by atoms with Crippen LogP contribution in [0.5, 0.6) is 0 Å². The highest BCUT2D eigenvalue weighted by atomic mass is 16.3. The van der Waals surface area contributed by atoms with E-state index in [-0.39, 0.29) is 5.92 Å². The minimum atomic E-state index is -0.467. The van der Waals surface area contributed by atoms with Crippen molar-refractivity contribution in [2.24, 2.45) is 17.3 Å². The lowest BCUT2D eigenvalue weighted by Crippen LogP contribution is -2.55. The maximum absolute atomic E-state index is 12.8. The Morgan fingerprint density at radius 1 is 1.14 bits per heavy atom. The Bertz CT molecular complexity index is 433. The fraction of sp³-hybridized carbons (Fsp3) is 0.941. The van der Waals surface area contributed by atoms with Crippen molar-refractivity contribution in [2.75, 3.05) is 26.2 Å². The molecule has 2 saturated heterocycles. The Kier molecular flexibility index (Phi) is 3.30. The normalized spacial score (nSPS) is 41.7. The first kappa shape index (κ1) is 14.0. The van der Waals surface area contributed by atoms with E-state index >= 15 is 0 Å². The van der Waals surface area contributed by atoms with Crippen molar-refractivity contribution >= 4 is 5.91 Å². The topological polar surface area (TPSA) is 52.6 Å². The van der Waals surface area contributed by atoms with Crippen LogP contribution in [0.4, 0.5) is 0 Å². The van der Waals surface area contributed by atoms with E-state index in [1.54, 1.807) is 0 Å². The van der Waals surface area contributed by atoms with Crippen molar-refractivity contribution in [1.29, 1.82) is 0 Å². The summed E-state index contributed by atoms with van der Waals surface area (Å²) in [5, 5.41) is 14.1. The maximum Gasteiger partial charge on any atom is 0.226 e. The number of fused-ring (bicyclic) bond motifs is 1. The molecule has 0 bridgehead atoms. The molecule has 4 rings (SSSR count). The molecule has 21 heavy (non-hydrogen) atoms. The number of rotatable bonds is 1. The summed E-state index contributed by atoms with van der Waals surface area (Å²) in [6.07, 6.45) is 8.66. The second-order valence-corrected chi connectivity index (χ2v) is 7.95. The van der Waals surface area contributed by atoms with Crippen molar-refractivity contribution in [3.05, 3.63) is 0 Å². The molecule has 0 aromatic heterocycles. The fourth-order valence-corrected chi connectivity index (χ4v) is 5.17. The number of hydrogen-bond acceptors (Lipinski definition) is 3. The van der Waals surface area contributed by atoms with Crippen molar-refractivity contribution in [3.8, 4) is 0 Å². The van der Waals surface area contributed by atoms with Crippen LogP contribution in [0.2, 0.25) is 0 Å². The van der Waals surface area contributed by atoms with Crippen molar-refractivity contribution in [3.63, 3.8) is 0 Å². The van der Waals surface area contributed by atoms with Crippen LogP contribution in [0.15, 0.2) is 0 Å². The van der Waals surface area contributed by atoms with Gasteiger partial charge in [-0.2, -0.15) is 0 Å². The zero-order valence-electron chi connectivity index (χ0n) is 12.9. The molecule has 4 nitrogen and oxygen atoms in total. The average Bonchev–Trinajstić information content (AvgIpc) is 3.19. The van der Waals surface area contributed by atoms with E-state index in [0.717, 1.165) is 58.3 Å². The van der Waals surface area contributed by atoms with Gasteiger partial charge >= 0.3 is 0 Å². The number of hydrogen-bond donors (Lipinski definition) is 2. The standard InChI is InChI=1S/C17H28N2O2/c20-15(14-11-16(14)5-8-18-9-6-16)19-10-7-17(21)4-2-1-3-13(17)12-19/h13-14,18,21H,1-12H2. The molecular weight excluding hydrogens is 264 g/mol. The van der Waals surface area contributed by atoms with Gasteiger partial charge in [-0.05, 0) is 57.0 Å². The number of carbonyl (C=O) groups excluding carboxylic acids is 1. The molecule has 1 amide bonds. The summed E-state index contributed by atoms with van der Waals surface area (Å²) in [5.74, 6) is 1.01. The Labute approximate surface area is 127 Å². The SMILES string of the molecule is O=C(C1CC12CCNCC2)N1CCC2(O)CCCCC2C1. The van der Waals surface area contributed by atoms with Gasteiger partial charge in [0.05, 0.1) is 5.60 Å². The lowest BCUT2D eigenvalue weighted by atomic mass is 9.71. The number of likely N-dealkylation sites (tertiary alicyclic amines) is 1. The van der Waals surface area contributed by atoms with Gasteiger partial charge in [0.25, 0.3) is 0 Å². The fourth-order valence-electron chi connectivity index (χ4n) is 5.17.